The summed E-state index contributed by atoms with van der Waals surface area (Å²) in [5, 5.41) is 0. The van der Waals surface area contributed by atoms with E-state index in [1.807, 2.05) is 0 Å². The Balaban J connectivity index is 2.05. The molecule has 1 aliphatic carbocycles. The molecule has 0 spiro atoms. The lowest BCUT2D eigenvalue weighted by Crippen LogP contribution is -2.60. The lowest BCUT2D eigenvalue weighted by molar-refractivity contribution is -0.125. The SMILES string of the molecule is CCC1(C)CC(CN)(N(C)CC2CC2)CCO1. The van der Waals surface area contributed by atoms with Gasteiger partial charge in [0.15, 0.2) is 0 Å². The summed E-state index contributed by atoms with van der Waals surface area (Å²) in [5.74, 6) is 0.930. The zero-order valence-electron chi connectivity index (χ0n) is 11.7. The number of rotatable bonds is 5. The van der Waals surface area contributed by atoms with Crippen molar-refractivity contribution in [2.75, 3.05) is 26.7 Å². The fourth-order valence-corrected chi connectivity index (χ4v) is 3.09. The summed E-state index contributed by atoms with van der Waals surface area (Å²) in [6.07, 6.45) is 6.06. The summed E-state index contributed by atoms with van der Waals surface area (Å²) in [7, 11) is 2.26. The van der Waals surface area contributed by atoms with Gasteiger partial charge in [-0.15, -0.1) is 0 Å². The third-order valence-electron chi connectivity index (χ3n) is 4.89. The van der Waals surface area contributed by atoms with Crippen LogP contribution in [0.4, 0.5) is 0 Å². The molecule has 0 amide bonds. The maximum Gasteiger partial charge on any atom is 0.0670 e. The first-order valence-corrected chi connectivity index (χ1v) is 7.09. The molecule has 1 saturated heterocycles. The number of nitrogens with two attached hydrogens (primary N) is 1. The molecule has 3 heteroatoms. The summed E-state index contributed by atoms with van der Waals surface area (Å²) >= 11 is 0. The van der Waals surface area contributed by atoms with E-state index >= 15 is 0 Å². The second kappa shape index (κ2) is 4.87. The standard InChI is InChI=1S/C14H28N2O/c1-4-13(2)10-14(11-15,7-8-17-13)16(3)9-12-5-6-12/h12H,4-11,15H2,1-3H3. The zero-order chi connectivity index (χ0) is 12.5. The smallest absolute Gasteiger partial charge is 0.0670 e. The van der Waals surface area contributed by atoms with Crippen LogP contribution in [0.1, 0.15) is 46.0 Å². The van der Waals surface area contributed by atoms with E-state index in [2.05, 4.69) is 25.8 Å². The van der Waals surface area contributed by atoms with Crippen molar-refractivity contribution in [3.63, 3.8) is 0 Å². The molecule has 1 heterocycles. The highest BCUT2D eigenvalue weighted by Gasteiger charge is 2.45. The van der Waals surface area contributed by atoms with E-state index in [1.54, 1.807) is 0 Å². The molecule has 2 atom stereocenters. The van der Waals surface area contributed by atoms with Crippen LogP contribution in [0, 0.1) is 5.92 Å². The summed E-state index contributed by atoms with van der Waals surface area (Å²) in [4.78, 5) is 2.53. The van der Waals surface area contributed by atoms with Crippen molar-refractivity contribution in [2.24, 2.45) is 11.7 Å². The van der Waals surface area contributed by atoms with Crippen LogP contribution in [0.5, 0.6) is 0 Å². The quantitative estimate of drug-likeness (QED) is 0.799. The minimum atomic E-state index is 0.0232. The highest BCUT2D eigenvalue weighted by molar-refractivity contribution is 5.00. The topological polar surface area (TPSA) is 38.5 Å². The number of nitrogens with zero attached hydrogens (tertiary/aromatic N) is 1. The van der Waals surface area contributed by atoms with Crippen LogP contribution in [0.15, 0.2) is 0 Å². The fourth-order valence-electron chi connectivity index (χ4n) is 3.09. The predicted molar refractivity (Wildman–Crippen MR) is 71.0 cm³/mol. The van der Waals surface area contributed by atoms with Crippen LogP contribution < -0.4 is 5.73 Å². The average molecular weight is 240 g/mol. The third-order valence-corrected chi connectivity index (χ3v) is 4.89. The molecule has 3 nitrogen and oxygen atoms in total. The van der Waals surface area contributed by atoms with E-state index in [1.165, 1.54) is 19.4 Å². The Bertz CT molecular complexity index is 267. The molecule has 1 saturated carbocycles. The van der Waals surface area contributed by atoms with E-state index in [-0.39, 0.29) is 11.1 Å². The molecule has 1 aliphatic heterocycles. The van der Waals surface area contributed by atoms with Crippen LogP contribution in [-0.4, -0.2) is 42.8 Å². The fraction of sp³-hybridized carbons (Fsp3) is 1.00. The van der Waals surface area contributed by atoms with Gasteiger partial charge in [0.05, 0.1) is 5.60 Å². The van der Waals surface area contributed by atoms with E-state index in [0.29, 0.717) is 0 Å². The number of likely N-dealkylation sites (N-methyl/N-ethyl adjacent to an activating group) is 1. The van der Waals surface area contributed by atoms with Crippen LogP contribution in [-0.2, 0) is 4.74 Å². The normalized spacial score (nSPS) is 38.6. The van der Waals surface area contributed by atoms with Gasteiger partial charge in [0.1, 0.15) is 0 Å². The molecule has 2 N–H and O–H groups in total. The number of ether oxygens (including phenoxy) is 1. The molecule has 0 bridgehead atoms. The van der Waals surface area contributed by atoms with Crippen molar-refractivity contribution in [1.29, 1.82) is 0 Å². The zero-order valence-corrected chi connectivity index (χ0v) is 11.7. The first-order valence-electron chi connectivity index (χ1n) is 7.09. The van der Waals surface area contributed by atoms with Crippen LogP contribution in [0.3, 0.4) is 0 Å². The van der Waals surface area contributed by atoms with E-state index < -0.39 is 0 Å². The van der Waals surface area contributed by atoms with Crippen molar-refractivity contribution < 1.29 is 4.74 Å². The first kappa shape index (κ1) is 13.3. The Labute approximate surface area is 106 Å². The second-order valence-corrected chi connectivity index (χ2v) is 6.33. The highest BCUT2D eigenvalue weighted by Crippen LogP contribution is 2.39. The highest BCUT2D eigenvalue weighted by atomic mass is 16.5. The summed E-state index contributed by atoms with van der Waals surface area (Å²) in [5.41, 5.74) is 6.31. The van der Waals surface area contributed by atoms with Crippen LogP contribution >= 0.6 is 0 Å². The Morgan fingerprint density at radius 1 is 1.41 bits per heavy atom. The number of hydrogen-bond acceptors (Lipinski definition) is 3. The van der Waals surface area contributed by atoms with Gasteiger partial charge in [-0.25, -0.2) is 0 Å². The van der Waals surface area contributed by atoms with Gasteiger partial charge in [-0.2, -0.15) is 0 Å². The van der Waals surface area contributed by atoms with Gasteiger partial charge in [0.25, 0.3) is 0 Å². The van der Waals surface area contributed by atoms with Crippen molar-refractivity contribution >= 4 is 0 Å². The van der Waals surface area contributed by atoms with Gasteiger partial charge in [-0.3, -0.25) is 4.90 Å². The largest absolute Gasteiger partial charge is 0.375 e. The molecule has 2 unspecified atom stereocenters. The number of hydrogen-bond donors (Lipinski definition) is 1. The van der Waals surface area contributed by atoms with Gasteiger partial charge in [-0.1, -0.05) is 6.92 Å². The summed E-state index contributed by atoms with van der Waals surface area (Å²) in [6.45, 7) is 7.29. The minimum Gasteiger partial charge on any atom is -0.375 e. The van der Waals surface area contributed by atoms with Crippen molar-refractivity contribution in [3.05, 3.63) is 0 Å². The maximum absolute atomic E-state index is 6.11. The maximum atomic E-state index is 6.11. The Morgan fingerprint density at radius 3 is 2.65 bits per heavy atom. The van der Waals surface area contributed by atoms with Gasteiger partial charge in [0, 0.05) is 25.2 Å². The minimum absolute atomic E-state index is 0.0232. The predicted octanol–water partition coefficient (Wildman–Crippen LogP) is 2.00. The molecule has 2 rings (SSSR count). The Kier molecular flexibility index (Phi) is 3.81. The van der Waals surface area contributed by atoms with Gasteiger partial charge >= 0.3 is 0 Å². The first-order chi connectivity index (χ1) is 8.03. The molecule has 0 aromatic carbocycles. The summed E-state index contributed by atoms with van der Waals surface area (Å²) in [6, 6.07) is 0. The molecule has 0 aromatic heterocycles. The van der Waals surface area contributed by atoms with Gasteiger partial charge < -0.3 is 10.5 Å². The van der Waals surface area contributed by atoms with Crippen molar-refractivity contribution in [2.45, 2.75) is 57.1 Å². The monoisotopic (exact) mass is 240 g/mol. The van der Waals surface area contributed by atoms with E-state index in [0.717, 1.165) is 38.3 Å². The molecule has 2 aliphatic rings. The lowest BCUT2D eigenvalue weighted by atomic mass is 9.78. The molecule has 17 heavy (non-hydrogen) atoms. The van der Waals surface area contributed by atoms with Gasteiger partial charge in [0.2, 0.25) is 0 Å². The molecule has 0 radical (unpaired) electrons. The molecule has 100 valence electrons. The molecule has 0 aromatic rings. The second-order valence-electron chi connectivity index (χ2n) is 6.33. The van der Waals surface area contributed by atoms with Crippen molar-refractivity contribution in [1.82, 2.24) is 4.90 Å². The Hall–Kier alpha value is -0.120. The third kappa shape index (κ3) is 2.83. The summed E-state index contributed by atoms with van der Waals surface area (Å²) < 4.78 is 5.96. The van der Waals surface area contributed by atoms with E-state index in [4.69, 9.17) is 10.5 Å². The molecular formula is C14H28N2O. The van der Waals surface area contributed by atoms with Crippen molar-refractivity contribution in [3.8, 4) is 0 Å². The van der Waals surface area contributed by atoms with Crippen LogP contribution in [0.25, 0.3) is 0 Å². The average Bonchev–Trinajstić information content (AvgIpc) is 3.13. The Morgan fingerprint density at radius 2 is 2.12 bits per heavy atom. The molecule has 2 fully saturated rings. The van der Waals surface area contributed by atoms with Crippen LogP contribution in [0.2, 0.25) is 0 Å². The lowest BCUT2D eigenvalue weighted by Gasteiger charge is -2.50. The van der Waals surface area contributed by atoms with E-state index in [9.17, 15) is 0 Å². The molecular weight excluding hydrogens is 212 g/mol. The van der Waals surface area contributed by atoms with Gasteiger partial charge in [-0.05, 0) is 52.0 Å².